The largest absolute Gasteiger partial charge is 0.377 e. The quantitative estimate of drug-likeness (QED) is 0.836. The maximum absolute atomic E-state index is 6.11. The van der Waals surface area contributed by atoms with Crippen LogP contribution in [0.4, 0.5) is 0 Å². The van der Waals surface area contributed by atoms with E-state index in [2.05, 4.69) is 25.8 Å². The molecular weight excluding hydrogens is 224 g/mol. The first-order valence-corrected chi connectivity index (χ1v) is 7.58. The first-order valence-electron chi connectivity index (χ1n) is 7.58. The maximum atomic E-state index is 6.11. The highest BCUT2D eigenvalue weighted by molar-refractivity contribution is 4.91. The van der Waals surface area contributed by atoms with Crippen LogP contribution in [-0.2, 0) is 4.74 Å². The molecular formula is C15H30N2O. The van der Waals surface area contributed by atoms with Crippen LogP contribution in [-0.4, -0.2) is 43.8 Å². The third-order valence-electron chi connectivity index (χ3n) is 5.26. The number of hydrogen-bond donors (Lipinski definition) is 1. The van der Waals surface area contributed by atoms with Gasteiger partial charge in [0.15, 0.2) is 0 Å². The Morgan fingerprint density at radius 2 is 1.89 bits per heavy atom. The van der Waals surface area contributed by atoms with E-state index < -0.39 is 0 Å². The molecule has 0 spiro atoms. The summed E-state index contributed by atoms with van der Waals surface area (Å²) in [6.45, 7) is 7.48. The van der Waals surface area contributed by atoms with Crippen molar-refractivity contribution in [3.8, 4) is 0 Å². The highest BCUT2D eigenvalue weighted by atomic mass is 16.5. The lowest BCUT2D eigenvalue weighted by molar-refractivity contribution is 0.0481. The summed E-state index contributed by atoms with van der Waals surface area (Å²) >= 11 is 0. The molecule has 2 unspecified atom stereocenters. The van der Waals surface area contributed by atoms with Gasteiger partial charge in [-0.2, -0.15) is 0 Å². The van der Waals surface area contributed by atoms with Crippen molar-refractivity contribution in [1.29, 1.82) is 0 Å². The van der Waals surface area contributed by atoms with Crippen LogP contribution in [0.5, 0.6) is 0 Å². The lowest BCUT2D eigenvalue weighted by atomic mass is 9.70. The summed E-state index contributed by atoms with van der Waals surface area (Å²) in [6.07, 6.45) is 6.86. The summed E-state index contributed by atoms with van der Waals surface area (Å²) in [5.41, 5.74) is 6.47. The van der Waals surface area contributed by atoms with Crippen molar-refractivity contribution in [3.63, 3.8) is 0 Å². The molecule has 1 heterocycles. The van der Waals surface area contributed by atoms with Crippen molar-refractivity contribution in [1.82, 2.24) is 4.90 Å². The van der Waals surface area contributed by atoms with Crippen molar-refractivity contribution in [2.24, 2.45) is 17.1 Å². The standard InChI is InChI=1S/C15H30N2O/c1-12-4-7-15(10-16,8-5-12)11-17(3)14-6-9-18-13(14)2/h12-14H,4-11,16H2,1-3H3. The second-order valence-electron chi connectivity index (χ2n) is 6.73. The Balaban J connectivity index is 1.93. The van der Waals surface area contributed by atoms with Gasteiger partial charge in [-0.15, -0.1) is 0 Å². The molecule has 1 saturated heterocycles. The van der Waals surface area contributed by atoms with Gasteiger partial charge in [0.25, 0.3) is 0 Å². The molecule has 0 amide bonds. The predicted octanol–water partition coefficient (Wildman–Crippen LogP) is 2.25. The fourth-order valence-corrected chi connectivity index (χ4v) is 3.75. The van der Waals surface area contributed by atoms with Gasteiger partial charge in [-0.1, -0.05) is 19.8 Å². The van der Waals surface area contributed by atoms with Crippen LogP contribution in [0.2, 0.25) is 0 Å². The van der Waals surface area contributed by atoms with Crippen molar-refractivity contribution < 1.29 is 4.74 Å². The summed E-state index contributed by atoms with van der Waals surface area (Å²) in [5.74, 6) is 0.892. The van der Waals surface area contributed by atoms with E-state index in [1.165, 1.54) is 32.1 Å². The van der Waals surface area contributed by atoms with Gasteiger partial charge in [0.2, 0.25) is 0 Å². The third kappa shape index (κ3) is 3.06. The molecule has 1 aliphatic carbocycles. The number of likely N-dealkylation sites (N-methyl/N-ethyl adjacent to an activating group) is 1. The Morgan fingerprint density at radius 3 is 2.39 bits per heavy atom. The normalized spacial score (nSPS) is 41.5. The molecule has 1 saturated carbocycles. The summed E-state index contributed by atoms with van der Waals surface area (Å²) in [4.78, 5) is 2.51. The van der Waals surface area contributed by atoms with Crippen molar-refractivity contribution in [2.45, 2.75) is 58.1 Å². The molecule has 1 aliphatic heterocycles. The molecule has 3 heteroatoms. The Bertz CT molecular complexity index is 261. The van der Waals surface area contributed by atoms with Crippen LogP contribution in [0, 0.1) is 11.3 Å². The Kier molecular flexibility index (Phi) is 4.68. The molecule has 106 valence electrons. The summed E-state index contributed by atoms with van der Waals surface area (Å²) in [7, 11) is 2.26. The van der Waals surface area contributed by atoms with E-state index >= 15 is 0 Å². The molecule has 2 atom stereocenters. The minimum Gasteiger partial charge on any atom is -0.377 e. The zero-order chi connectivity index (χ0) is 13.2. The van der Waals surface area contributed by atoms with Gasteiger partial charge in [0, 0.05) is 19.2 Å². The molecule has 0 aromatic rings. The monoisotopic (exact) mass is 254 g/mol. The predicted molar refractivity (Wildman–Crippen MR) is 75.6 cm³/mol. The van der Waals surface area contributed by atoms with Crippen molar-refractivity contribution in [3.05, 3.63) is 0 Å². The number of nitrogens with zero attached hydrogens (tertiary/aromatic N) is 1. The Morgan fingerprint density at radius 1 is 1.22 bits per heavy atom. The molecule has 0 aromatic carbocycles. The van der Waals surface area contributed by atoms with Gasteiger partial charge < -0.3 is 15.4 Å². The summed E-state index contributed by atoms with van der Waals surface area (Å²) in [5, 5.41) is 0. The third-order valence-corrected chi connectivity index (χ3v) is 5.26. The van der Waals surface area contributed by atoms with Gasteiger partial charge in [0.05, 0.1) is 6.10 Å². The van der Waals surface area contributed by atoms with Crippen LogP contribution in [0.25, 0.3) is 0 Å². The van der Waals surface area contributed by atoms with E-state index in [1.807, 2.05) is 0 Å². The van der Waals surface area contributed by atoms with Crippen LogP contribution >= 0.6 is 0 Å². The lowest BCUT2D eigenvalue weighted by Gasteiger charge is -2.43. The van der Waals surface area contributed by atoms with E-state index in [1.54, 1.807) is 0 Å². The topological polar surface area (TPSA) is 38.5 Å². The molecule has 3 nitrogen and oxygen atoms in total. The van der Waals surface area contributed by atoms with Crippen molar-refractivity contribution in [2.75, 3.05) is 26.7 Å². The number of nitrogens with two attached hydrogens (primary N) is 1. The highest BCUT2D eigenvalue weighted by Gasteiger charge is 2.37. The van der Waals surface area contributed by atoms with Gasteiger partial charge in [-0.25, -0.2) is 0 Å². The fraction of sp³-hybridized carbons (Fsp3) is 1.00. The average molecular weight is 254 g/mol. The van der Waals surface area contributed by atoms with E-state index in [9.17, 15) is 0 Å². The summed E-state index contributed by atoms with van der Waals surface area (Å²) < 4.78 is 5.69. The van der Waals surface area contributed by atoms with Gasteiger partial charge >= 0.3 is 0 Å². The Labute approximate surface area is 112 Å². The molecule has 0 radical (unpaired) electrons. The average Bonchev–Trinajstić information content (AvgIpc) is 2.79. The molecule has 0 bridgehead atoms. The lowest BCUT2D eigenvalue weighted by Crippen LogP contribution is -2.48. The molecule has 2 rings (SSSR count). The van der Waals surface area contributed by atoms with E-state index in [0.29, 0.717) is 17.6 Å². The highest BCUT2D eigenvalue weighted by Crippen LogP contribution is 2.39. The van der Waals surface area contributed by atoms with Crippen LogP contribution in [0.1, 0.15) is 46.0 Å². The van der Waals surface area contributed by atoms with Crippen LogP contribution in [0.3, 0.4) is 0 Å². The number of rotatable bonds is 4. The molecule has 2 aliphatic rings. The Hall–Kier alpha value is -0.120. The van der Waals surface area contributed by atoms with E-state index in [4.69, 9.17) is 10.5 Å². The minimum absolute atomic E-state index is 0.365. The maximum Gasteiger partial charge on any atom is 0.0702 e. The first-order chi connectivity index (χ1) is 8.56. The van der Waals surface area contributed by atoms with Crippen LogP contribution < -0.4 is 5.73 Å². The van der Waals surface area contributed by atoms with Gasteiger partial charge in [-0.05, 0) is 51.1 Å². The van der Waals surface area contributed by atoms with Gasteiger partial charge in [0.1, 0.15) is 0 Å². The smallest absolute Gasteiger partial charge is 0.0702 e. The molecule has 2 N–H and O–H groups in total. The summed E-state index contributed by atoms with van der Waals surface area (Å²) in [6, 6.07) is 0.591. The van der Waals surface area contributed by atoms with Crippen molar-refractivity contribution >= 4 is 0 Å². The van der Waals surface area contributed by atoms with Crippen LogP contribution in [0.15, 0.2) is 0 Å². The number of hydrogen-bond acceptors (Lipinski definition) is 3. The van der Waals surface area contributed by atoms with E-state index in [0.717, 1.165) is 25.6 Å². The second-order valence-corrected chi connectivity index (χ2v) is 6.73. The zero-order valence-corrected chi connectivity index (χ0v) is 12.3. The van der Waals surface area contributed by atoms with E-state index in [-0.39, 0.29) is 0 Å². The number of ether oxygens (including phenoxy) is 1. The minimum atomic E-state index is 0.365. The van der Waals surface area contributed by atoms with Gasteiger partial charge in [-0.3, -0.25) is 0 Å². The molecule has 0 aromatic heterocycles. The first kappa shape index (κ1) is 14.3. The molecule has 2 fully saturated rings. The SMILES string of the molecule is CC1CCC(CN)(CN(C)C2CCOC2C)CC1. The fourth-order valence-electron chi connectivity index (χ4n) is 3.75. The zero-order valence-electron chi connectivity index (χ0n) is 12.3. The second kappa shape index (κ2) is 5.89. The molecule has 18 heavy (non-hydrogen) atoms.